The molecule has 0 fully saturated rings. The maximum atomic E-state index is 5.21. The molecule has 0 atom stereocenters. The Balaban J connectivity index is 1.18. The monoisotopic (exact) mass is 714 g/mol. The number of benzene rings is 8. The molecule has 0 bridgehead atoms. The second-order valence-corrected chi connectivity index (χ2v) is 13.9. The first-order chi connectivity index (χ1) is 27.7. The van der Waals surface area contributed by atoms with Crippen LogP contribution in [0, 0.1) is 0 Å². The molecule has 4 heteroatoms. The van der Waals surface area contributed by atoms with E-state index in [-0.39, 0.29) is 0 Å². The Bertz CT molecular complexity index is 2980. The van der Waals surface area contributed by atoms with E-state index in [0.717, 1.165) is 55.6 Å². The molecule has 0 unspecified atom stereocenters. The molecule has 8 aromatic carbocycles. The lowest BCUT2D eigenvalue weighted by molar-refractivity contribution is 1.07. The SMILES string of the molecule is c1ccc(-c2ccc(-c3nc(-c4ccccc4)nc(-c4cc(-c5ccc(-c6cccnc6)cc5)cc(-c5cc6ccccc6c6ccccc56)c4)n3)cc2)cc1. The number of hydrogen-bond acceptors (Lipinski definition) is 4. The number of pyridine rings is 1. The molecule has 56 heavy (non-hydrogen) atoms. The second-order valence-electron chi connectivity index (χ2n) is 13.9. The topological polar surface area (TPSA) is 51.6 Å². The van der Waals surface area contributed by atoms with Gasteiger partial charge in [0.05, 0.1) is 0 Å². The molecule has 0 amide bonds. The fraction of sp³-hybridized carbons (Fsp3) is 0. The van der Waals surface area contributed by atoms with Crippen LogP contribution in [0.3, 0.4) is 0 Å². The maximum absolute atomic E-state index is 5.21. The fourth-order valence-electron chi connectivity index (χ4n) is 7.55. The predicted octanol–water partition coefficient (Wildman–Crippen LogP) is 13.2. The molecule has 0 aliphatic heterocycles. The van der Waals surface area contributed by atoms with Gasteiger partial charge in [-0.15, -0.1) is 0 Å². The minimum Gasteiger partial charge on any atom is -0.264 e. The Kier molecular flexibility index (Phi) is 8.47. The van der Waals surface area contributed by atoms with Gasteiger partial charge in [-0.05, 0) is 96.4 Å². The zero-order valence-corrected chi connectivity index (χ0v) is 30.4. The van der Waals surface area contributed by atoms with E-state index in [1.54, 1.807) is 6.20 Å². The summed E-state index contributed by atoms with van der Waals surface area (Å²) < 4.78 is 0. The quantitative estimate of drug-likeness (QED) is 0.154. The smallest absolute Gasteiger partial charge is 0.164 e. The summed E-state index contributed by atoms with van der Waals surface area (Å²) in [6.07, 6.45) is 3.70. The van der Waals surface area contributed by atoms with Crippen molar-refractivity contribution >= 4 is 21.5 Å². The van der Waals surface area contributed by atoms with Crippen molar-refractivity contribution in [2.24, 2.45) is 0 Å². The van der Waals surface area contributed by atoms with Gasteiger partial charge < -0.3 is 0 Å². The van der Waals surface area contributed by atoms with Gasteiger partial charge in [-0.25, -0.2) is 15.0 Å². The van der Waals surface area contributed by atoms with Crippen molar-refractivity contribution in [1.29, 1.82) is 0 Å². The van der Waals surface area contributed by atoms with E-state index < -0.39 is 0 Å². The van der Waals surface area contributed by atoms with Crippen molar-refractivity contribution in [2.45, 2.75) is 0 Å². The van der Waals surface area contributed by atoms with E-state index in [0.29, 0.717) is 17.5 Å². The molecule has 0 radical (unpaired) electrons. The van der Waals surface area contributed by atoms with Crippen molar-refractivity contribution in [2.75, 3.05) is 0 Å². The van der Waals surface area contributed by atoms with Gasteiger partial charge in [-0.1, -0.05) is 164 Å². The van der Waals surface area contributed by atoms with E-state index in [4.69, 9.17) is 15.0 Å². The van der Waals surface area contributed by atoms with Gasteiger partial charge in [0.15, 0.2) is 17.5 Å². The number of nitrogens with zero attached hydrogens (tertiary/aromatic N) is 4. The van der Waals surface area contributed by atoms with E-state index in [1.165, 1.54) is 27.1 Å². The fourth-order valence-corrected chi connectivity index (χ4v) is 7.55. The highest BCUT2D eigenvalue weighted by Gasteiger charge is 2.17. The Morgan fingerprint density at radius 1 is 0.268 bits per heavy atom. The summed E-state index contributed by atoms with van der Waals surface area (Å²) >= 11 is 0. The van der Waals surface area contributed by atoms with Gasteiger partial charge in [-0.2, -0.15) is 0 Å². The van der Waals surface area contributed by atoms with Crippen LogP contribution < -0.4 is 0 Å². The third-order valence-corrected chi connectivity index (χ3v) is 10.4. The van der Waals surface area contributed by atoms with Crippen molar-refractivity contribution in [3.63, 3.8) is 0 Å². The molecule has 0 N–H and O–H groups in total. The van der Waals surface area contributed by atoms with Crippen LogP contribution in [-0.2, 0) is 0 Å². The summed E-state index contributed by atoms with van der Waals surface area (Å²) in [6, 6.07) is 68.1. The lowest BCUT2D eigenvalue weighted by atomic mass is 9.90. The first-order valence-electron chi connectivity index (χ1n) is 18.8. The summed E-state index contributed by atoms with van der Waals surface area (Å²) in [5.74, 6) is 1.86. The molecular formula is C52H34N4. The number of fused-ring (bicyclic) bond motifs is 3. The number of rotatable bonds is 7. The maximum Gasteiger partial charge on any atom is 0.164 e. The van der Waals surface area contributed by atoms with Crippen LogP contribution in [0.4, 0.5) is 0 Å². The Hall–Kier alpha value is -7.56. The molecule has 4 nitrogen and oxygen atoms in total. The van der Waals surface area contributed by atoms with Crippen molar-refractivity contribution in [3.8, 4) is 78.7 Å². The minimum atomic E-state index is 0.612. The van der Waals surface area contributed by atoms with E-state index in [9.17, 15) is 0 Å². The van der Waals surface area contributed by atoms with E-state index >= 15 is 0 Å². The zero-order chi connectivity index (χ0) is 37.3. The standard InChI is InChI=1S/C52H34N4/c1-3-12-35(13-4-1)36-25-27-40(28-26-36)51-54-50(39-14-5-2-6-15-39)55-52(56-51)45-31-43(38-23-21-37(22-24-38)42-17-11-29-53-34-42)30-44(32-45)49-33-41-16-7-8-18-46(41)47-19-9-10-20-48(47)49/h1-34H. The van der Waals surface area contributed by atoms with Gasteiger partial charge >= 0.3 is 0 Å². The summed E-state index contributed by atoms with van der Waals surface area (Å²) in [5.41, 5.74) is 11.7. The van der Waals surface area contributed by atoms with Crippen LogP contribution in [0.1, 0.15) is 0 Å². The van der Waals surface area contributed by atoms with Crippen molar-refractivity contribution in [1.82, 2.24) is 19.9 Å². The molecule has 0 saturated heterocycles. The first kappa shape index (κ1) is 33.0. The first-order valence-corrected chi connectivity index (χ1v) is 18.8. The molecule has 0 spiro atoms. The van der Waals surface area contributed by atoms with Gasteiger partial charge in [-0.3, -0.25) is 4.98 Å². The molecule has 10 rings (SSSR count). The highest BCUT2D eigenvalue weighted by atomic mass is 15.0. The normalized spacial score (nSPS) is 11.2. The highest BCUT2D eigenvalue weighted by Crippen LogP contribution is 2.39. The Labute approximate surface area is 325 Å². The van der Waals surface area contributed by atoms with E-state index in [1.807, 2.05) is 48.7 Å². The summed E-state index contributed by atoms with van der Waals surface area (Å²) in [7, 11) is 0. The lowest BCUT2D eigenvalue weighted by Crippen LogP contribution is -2.00. The third kappa shape index (κ3) is 6.40. The van der Waals surface area contributed by atoms with Crippen LogP contribution in [-0.4, -0.2) is 19.9 Å². The molecule has 262 valence electrons. The average Bonchev–Trinajstić information content (AvgIpc) is 3.29. The van der Waals surface area contributed by atoms with Crippen LogP contribution in [0.2, 0.25) is 0 Å². The van der Waals surface area contributed by atoms with Crippen molar-refractivity contribution in [3.05, 3.63) is 207 Å². The minimum absolute atomic E-state index is 0.612. The molecule has 0 aliphatic rings. The predicted molar refractivity (Wildman–Crippen MR) is 231 cm³/mol. The molecule has 2 aromatic heterocycles. The number of hydrogen-bond donors (Lipinski definition) is 0. The Morgan fingerprint density at radius 3 is 1.38 bits per heavy atom. The van der Waals surface area contributed by atoms with Crippen LogP contribution >= 0.6 is 0 Å². The van der Waals surface area contributed by atoms with Gasteiger partial charge in [0.2, 0.25) is 0 Å². The average molecular weight is 715 g/mol. The number of aromatic nitrogens is 4. The lowest BCUT2D eigenvalue weighted by Gasteiger charge is -2.15. The summed E-state index contributed by atoms with van der Waals surface area (Å²) in [5, 5.41) is 4.85. The van der Waals surface area contributed by atoms with Crippen molar-refractivity contribution < 1.29 is 0 Å². The van der Waals surface area contributed by atoms with Crippen LogP contribution in [0.15, 0.2) is 207 Å². The molecule has 0 saturated carbocycles. The van der Waals surface area contributed by atoms with Gasteiger partial charge in [0.25, 0.3) is 0 Å². The molecular weight excluding hydrogens is 681 g/mol. The largest absolute Gasteiger partial charge is 0.264 e. The highest BCUT2D eigenvalue weighted by molar-refractivity contribution is 6.14. The molecule has 10 aromatic rings. The van der Waals surface area contributed by atoms with Gasteiger partial charge in [0.1, 0.15) is 0 Å². The van der Waals surface area contributed by atoms with Gasteiger partial charge in [0, 0.05) is 29.1 Å². The third-order valence-electron chi connectivity index (χ3n) is 10.4. The molecule has 0 aliphatic carbocycles. The van der Waals surface area contributed by atoms with Crippen LogP contribution in [0.25, 0.3) is 100 Å². The second kappa shape index (κ2) is 14.3. The van der Waals surface area contributed by atoms with E-state index in [2.05, 4.69) is 157 Å². The van der Waals surface area contributed by atoms with Crippen LogP contribution in [0.5, 0.6) is 0 Å². The molecule has 2 heterocycles. The zero-order valence-electron chi connectivity index (χ0n) is 30.4. The summed E-state index contributed by atoms with van der Waals surface area (Å²) in [6.45, 7) is 0. The Morgan fingerprint density at radius 2 is 0.714 bits per heavy atom. The summed E-state index contributed by atoms with van der Waals surface area (Å²) in [4.78, 5) is 19.8.